The van der Waals surface area contributed by atoms with Crippen LogP contribution in [0.5, 0.6) is 0 Å². The lowest BCUT2D eigenvalue weighted by Gasteiger charge is -2.12. The average Bonchev–Trinajstić information content (AvgIpc) is 3.20. The third-order valence-electron chi connectivity index (χ3n) is 3.28. The van der Waals surface area contributed by atoms with Crippen molar-refractivity contribution in [2.75, 3.05) is 13.1 Å². The molecule has 0 saturated carbocycles. The molecular formula is C16H28N6S4. The van der Waals surface area contributed by atoms with Crippen molar-refractivity contribution in [1.29, 1.82) is 0 Å². The number of rotatable bonds is 5. The summed E-state index contributed by atoms with van der Waals surface area (Å²) in [6, 6.07) is 0. The van der Waals surface area contributed by atoms with Crippen LogP contribution in [0, 0.1) is 0 Å². The van der Waals surface area contributed by atoms with Gasteiger partial charge in [-0.05, 0) is 0 Å². The third kappa shape index (κ3) is 12.1. The summed E-state index contributed by atoms with van der Waals surface area (Å²) in [5.41, 5.74) is 0. The number of thiocarbonyl (C=S) groups is 2. The molecule has 2 aromatic heterocycles. The first-order valence-corrected chi connectivity index (χ1v) is 9.88. The zero-order valence-electron chi connectivity index (χ0n) is 15.7. The van der Waals surface area contributed by atoms with Gasteiger partial charge in [0.05, 0.1) is 14.1 Å². The Morgan fingerprint density at radius 2 is 1.23 bits per heavy atom. The standard InChI is InChI=1S/2C6H10N2.C4H8N2S4/c2*1-3-6-7-4-5-8(6)2;7-3(8)5-1-2-6-4(9)10/h2*4-5H,3H2,1-2H3;1-2H2,(H2,5,7,8)(H2,6,9,10). The number of H-pyrrole nitrogens is 2. The highest BCUT2D eigenvalue weighted by molar-refractivity contribution is 8.00. The van der Waals surface area contributed by atoms with E-state index in [1.165, 1.54) is 11.6 Å². The van der Waals surface area contributed by atoms with E-state index in [0.717, 1.165) is 12.8 Å². The van der Waals surface area contributed by atoms with Crippen LogP contribution >= 0.6 is 24.4 Å². The van der Waals surface area contributed by atoms with Crippen molar-refractivity contribution in [3.05, 3.63) is 36.4 Å². The topological polar surface area (TPSA) is 63.4 Å². The predicted octanol–water partition coefficient (Wildman–Crippen LogP) is 0.632. The summed E-state index contributed by atoms with van der Waals surface area (Å²) in [4.78, 5) is 6.24. The van der Waals surface area contributed by atoms with Gasteiger partial charge < -0.3 is 60.3 Å². The molecule has 0 bridgehead atoms. The first-order valence-electron chi connectivity index (χ1n) is 8.25. The molecule has 0 amide bonds. The molecule has 0 aromatic carbocycles. The van der Waals surface area contributed by atoms with E-state index in [-0.39, 0.29) is 0 Å². The highest BCUT2D eigenvalue weighted by Gasteiger charge is 2.00. The van der Waals surface area contributed by atoms with Crippen LogP contribution in [0.25, 0.3) is 0 Å². The van der Waals surface area contributed by atoms with E-state index in [1.807, 2.05) is 38.9 Å². The van der Waals surface area contributed by atoms with Gasteiger partial charge in [-0.3, -0.25) is 0 Å². The van der Waals surface area contributed by atoms with Gasteiger partial charge in [-0.25, -0.2) is 19.1 Å². The Labute approximate surface area is 178 Å². The minimum Gasteiger partial charge on any atom is -0.412 e. The maximum atomic E-state index is 4.59. The SMILES string of the molecule is CCc1[nH]cc[n+]1C.CCc1[nH]cc[n+]1C.S=C([S-])NCCNC(=S)[S-]. The number of nitrogens with zero attached hydrogens (tertiary/aromatic N) is 2. The second kappa shape index (κ2) is 14.8. The normalized spacial score (nSPS) is 9.23. The summed E-state index contributed by atoms with van der Waals surface area (Å²) >= 11 is 18.4. The molecule has 2 heterocycles. The lowest BCUT2D eigenvalue weighted by molar-refractivity contribution is -0.677. The Morgan fingerprint density at radius 1 is 0.885 bits per heavy atom. The molecule has 0 unspecified atom stereocenters. The van der Waals surface area contributed by atoms with Crippen molar-refractivity contribution in [2.24, 2.45) is 14.1 Å². The first-order chi connectivity index (χ1) is 12.3. The van der Waals surface area contributed by atoms with Gasteiger partial charge in [0, 0.05) is 25.9 Å². The summed E-state index contributed by atoms with van der Waals surface area (Å²) in [5, 5.41) is 5.56. The fraction of sp³-hybridized carbons (Fsp3) is 0.500. The summed E-state index contributed by atoms with van der Waals surface area (Å²) in [5.74, 6) is 2.54. The van der Waals surface area contributed by atoms with Crippen LogP contribution in [0.3, 0.4) is 0 Å². The number of aromatic nitrogens is 4. The van der Waals surface area contributed by atoms with Crippen LogP contribution in [0.2, 0.25) is 0 Å². The zero-order valence-corrected chi connectivity index (χ0v) is 18.9. The van der Waals surface area contributed by atoms with E-state index in [0.29, 0.717) is 21.7 Å². The van der Waals surface area contributed by atoms with Gasteiger partial charge in [0.25, 0.3) is 11.6 Å². The van der Waals surface area contributed by atoms with Crippen LogP contribution in [-0.2, 0) is 52.2 Å². The second-order valence-corrected chi connectivity index (χ2v) is 7.32. The summed E-state index contributed by atoms with van der Waals surface area (Å²) in [6.45, 7) is 5.59. The Bertz CT molecular complexity index is 596. The number of aromatic amines is 2. The summed E-state index contributed by atoms with van der Waals surface area (Å²) in [6.07, 6.45) is 10.1. The minimum atomic E-state index is 0.372. The molecule has 0 aliphatic heterocycles. The van der Waals surface area contributed by atoms with Gasteiger partial charge in [-0.2, -0.15) is 0 Å². The van der Waals surface area contributed by atoms with E-state index in [4.69, 9.17) is 0 Å². The highest BCUT2D eigenvalue weighted by atomic mass is 32.1. The van der Waals surface area contributed by atoms with E-state index in [1.54, 1.807) is 0 Å². The number of hydrogen-bond donors (Lipinski definition) is 4. The number of nitrogens with one attached hydrogen (secondary N) is 4. The van der Waals surface area contributed by atoms with Crippen LogP contribution in [-0.4, -0.2) is 31.7 Å². The molecule has 26 heavy (non-hydrogen) atoms. The van der Waals surface area contributed by atoms with Crippen molar-refractivity contribution in [3.63, 3.8) is 0 Å². The quantitative estimate of drug-likeness (QED) is 0.241. The molecule has 0 radical (unpaired) electrons. The highest BCUT2D eigenvalue weighted by Crippen LogP contribution is 1.83. The van der Waals surface area contributed by atoms with Gasteiger partial charge in [-0.15, -0.1) is 0 Å². The molecule has 0 atom stereocenters. The van der Waals surface area contributed by atoms with E-state index in [2.05, 4.69) is 93.3 Å². The van der Waals surface area contributed by atoms with Crippen molar-refractivity contribution in [3.8, 4) is 0 Å². The van der Waals surface area contributed by atoms with Crippen LogP contribution in [0.1, 0.15) is 25.5 Å². The Morgan fingerprint density at radius 3 is 1.38 bits per heavy atom. The summed E-state index contributed by atoms with van der Waals surface area (Å²) in [7, 11) is 4.07. The molecule has 146 valence electrons. The number of hydrogen-bond acceptors (Lipinski definition) is 4. The van der Waals surface area contributed by atoms with Crippen LogP contribution in [0.4, 0.5) is 0 Å². The smallest absolute Gasteiger partial charge is 0.253 e. The summed E-state index contributed by atoms with van der Waals surface area (Å²) < 4.78 is 4.91. The number of aryl methyl sites for hydroxylation is 4. The fourth-order valence-electron chi connectivity index (χ4n) is 1.91. The molecule has 4 N–H and O–H groups in total. The van der Waals surface area contributed by atoms with E-state index in [9.17, 15) is 0 Å². The van der Waals surface area contributed by atoms with Gasteiger partial charge in [0.1, 0.15) is 24.8 Å². The van der Waals surface area contributed by atoms with Gasteiger partial charge in [0.15, 0.2) is 0 Å². The van der Waals surface area contributed by atoms with Crippen LogP contribution in [0.15, 0.2) is 24.8 Å². The molecule has 6 nitrogen and oxygen atoms in total. The molecule has 0 saturated heterocycles. The van der Waals surface area contributed by atoms with Gasteiger partial charge in [0.2, 0.25) is 0 Å². The molecule has 0 spiro atoms. The monoisotopic (exact) mass is 432 g/mol. The first kappa shape index (κ1) is 24.6. The third-order valence-corrected chi connectivity index (χ3v) is 3.86. The minimum absolute atomic E-state index is 0.372. The predicted molar refractivity (Wildman–Crippen MR) is 119 cm³/mol. The van der Waals surface area contributed by atoms with Crippen molar-refractivity contribution in [2.45, 2.75) is 26.7 Å². The van der Waals surface area contributed by atoms with Crippen molar-refractivity contribution in [1.82, 2.24) is 20.6 Å². The largest absolute Gasteiger partial charge is 0.412 e. The molecule has 0 aliphatic carbocycles. The van der Waals surface area contributed by atoms with Gasteiger partial charge in [-0.1, -0.05) is 22.5 Å². The molecular weight excluding hydrogens is 404 g/mol. The molecule has 0 aliphatic rings. The fourth-order valence-corrected chi connectivity index (χ4v) is 2.31. The number of imidazole rings is 2. The lowest BCUT2D eigenvalue weighted by Crippen LogP contribution is -2.31. The Balaban J connectivity index is 0.000000363. The lowest BCUT2D eigenvalue weighted by atomic mass is 10.5. The molecule has 2 aromatic rings. The molecule has 10 heteroatoms. The molecule has 0 fully saturated rings. The zero-order chi connectivity index (χ0) is 19.9. The Kier molecular flexibility index (Phi) is 14.0. The maximum absolute atomic E-state index is 4.59. The average molecular weight is 433 g/mol. The maximum Gasteiger partial charge on any atom is 0.253 e. The van der Waals surface area contributed by atoms with E-state index >= 15 is 0 Å². The van der Waals surface area contributed by atoms with Gasteiger partial charge >= 0.3 is 0 Å². The van der Waals surface area contributed by atoms with Crippen LogP contribution < -0.4 is 19.8 Å². The van der Waals surface area contributed by atoms with Crippen molar-refractivity contribution < 1.29 is 9.13 Å². The van der Waals surface area contributed by atoms with Crippen molar-refractivity contribution >= 4 is 58.3 Å². The second-order valence-electron chi connectivity index (χ2n) is 5.17. The Hall–Kier alpha value is -1.36. The molecule has 2 rings (SSSR count). The van der Waals surface area contributed by atoms with E-state index < -0.39 is 0 Å².